The zero-order valence-electron chi connectivity index (χ0n) is 12.7. The Morgan fingerprint density at radius 2 is 1.81 bits per heavy atom. The number of amides is 1. The highest BCUT2D eigenvalue weighted by molar-refractivity contribution is 5.89. The first-order valence-corrected chi connectivity index (χ1v) is 8.19. The van der Waals surface area contributed by atoms with E-state index in [1.54, 1.807) is 12.1 Å². The van der Waals surface area contributed by atoms with Crippen molar-refractivity contribution < 1.29 is 9.18 Å². The molecule has 2 aliphatic carbocycles. The van der Waals surface area contributed by atoms with Gasteiger partial charge in [-0.25, -0.2) is 4.39 Å². The summed E-state index contributed by atoms with van der Waals surface area (Å²) >= 11 is 0. The maximum atomic E-state index is 13.1. The molecule has 2 fully saturated rings. The van der Waals surface area contributed by atoms with Gasteiger partial charge in [-0.05, 0) is 49.3 Å². The fourth-order valence-electron chi connectivity index (χ4n) is 3.78. The number of rotatable bonds is 3. The van der Waals surface area contributed by atoms with Gasteiger partial charge < -0.3 is 5.32 Å². The second kappa shape index (κ2) is 5.78. The van der Waals surface area contributed by atoms with Crippen LogP contribution in [-0.2, 0) is 10.2 Å². The third-order valence-corrected chi connectivity index (χ3v) is 5.47. The van der Waals surface area contributed by atoms with E-state index in [1.807, 2.05) is 0 Å². The Hall–Kier alpha value is -1.38. The van der Waals surface area contributed by atoms with Gasteiger partial charge in [0.15, 0.2) is 0 Å². The molecule has 1 aromatic carbocycles. The molecular formula is C18H24FNO. The van der Waals surface area contributed by atoms with Gasteiger partial charge in [0.05, 0.1) is 5.41 Å². The number of halogens is 1. The van der Waals surface area contributed by atoms with Crippen LogP contribution < -0.4 is 5.32 Å². The Labute approximate surface area is 126 Å². The summed E-state index contributed by atoms with van der Waals surface area (Å²) < 4.78 is 13.1. The van der Waals surface area contributed by atoms with E-state index in [0.29, 0.717) is 12.0 Å². The maximum Gasteiger partial charge on any atom is 0.230 e. The van der Waals surface area contributed by atoms with Crippen molar-refractivity contribution in [2.45, 2.75) is 63.3 Å². The van der Waals surface area contributed by atoms with E-state index < -0.39 is 5.41 Å². The van der Waals surface area contributed by atoms with E-state index in [4.69, 9.17) is 0 Å². The van der Waals surface area contributed by atoms with Crippen molar-refractivity contribution in [3.05, 3.63) is 35.6 Å². The number of hydrogen-bond donors (Lipinski definition) is 1. The second-order valence-electron chi connectivity index (χ2n) is 6.78. The molecule has 2 saturated carbocycles. The summed E-state index contributed by atoms with van der Waals surface area (Å²) in [6.45, 7) is 2.23. The van der Waals surface area contributed by atoms with Gasteiger partial charge >= 0.3 is 0 Å². The second-order valence-corrected chi connectivity index (χ2v) is 6.78. The zero-order valence-corrected chi connectivity index (χ0v) is 12.7. The lowest BCUT2D eigenvalue weighted by molar-refractivity contribution is -0.131. The Morgan fingerprint density at radius 3 is 2.38 bits per heavy atom. The van der Waals surface area contributed by atoms with Crippen LogP contribution in [0.1, 0.15) is 57.4 Å². The quantitative estimate of drug-likeness (QED) is 0.897. The fourth-order valence-corrected chi connectivity index (χ4v) is 3.78. The van der Waals surface area contributed by atoms with Gasteiger partial charge in [-0.3, -0.25) is 4.79 Å². The standard InChI is InChI=1S/C18H24FNO/c1-13-5-2-3-6-16(13)20-17(21)18(11-4-12-18)14-7-9-15(19)10-8-14/h7-10,13,16H,2-6,11-12H2,1H3,(H,20,21). The van der Waals surface area contributed by atoms with Crippen LogP contribution in [0, 0.1) is 11.7 Å². The van der Waals surface area contributed by atoms with Crippen LogP contribution in [0.25, 0.3) is 0 Å². The highest BCUT2D eigenvalue weighted by Crippen LogP contribution is 2.44. The van der Waals surface area contributed by atoms with Gasteiger partial charge in [-0.2, -0.15) is 0 Å². The van der Waals surface area contributed by atoms with E-state index in [-0.39, 0.29) is 11.7 Å². The Bertz CT molecular complexity index is 506. The van der Waals surface area contributed by atoms with Gasteiger partial charge in [-0.1, -0.05) is 38.3 Å². The summed E-state index contributed by atoms with van der Waals surface area (Å²) in [5.74, 6) is 0.474. The van der Waals surface area contributed by atoms with Crippen LogP contribution in [0.2, 0.25) is 0 Å². The van der Waals surface area contributed by atoms with E-state index in [0.717, 1.165) is 31.2 Å². The average molecular weight is 289 g/mol. The highest BCUT2D eigenvalue weighted by atomic mass is 19.1. The third kappa shape index (κ3) is 2.70. The topological polar surface area (TPSA) is 29.1 Å². The predicted octanol–water partition coefficient (Wildman–Crippen LogP) is 3.94. The van der Waals surface area contributed by atoms with E-state index >= 15 is 0 Å². The highest BCUT2D eigenvalue weighted by Gasteiger charge is 2.46. The molecule has 2 aliphatic rings. The molecule has 114 valence electrons. The van der Waals surface area contributed by atoms with Gasteiger partial charge in [0.2, 0.25) is 5.91 Å². The van der Waals surface area contributed by atoms with E-state index in [1.165, 1.54) is 31.4 Å². The molecule has 2 atom stereocenters. The summed E-state index contributed by atoms with van der Waals surface area (Å²) in [7, 11) is 0. The number of carbonyl (C=O) groups is 1. The van der Waals surface area contributed by atoms with Crippen molar-refractivity contribution in [2.24, 2.45) is 5.92 Å². The molecule has 3 rings (SSSR count). The van der Waals surface area contributed by atoms with Crippen molar-refractivity contribution in [2.75, 3.05) is 0 Å². The molecule has 0 aliphatic heterocycles. The number of benzene rings is 1. The normalized spacial score (nSPS) is 27.7. The molecule has 0 spiro atoms. The molecule has 0 radical (unpaired) electrons. The molecule has 3 heteroatoms. The number of nitrogens with one attached hydrogen (secondary N) is 1. The minimum absolute atomic E-state index is 0.152. The molecule has 0 heterocycles. The summed E-state index contributed by atoms with van der Waals surface area (Å²) in [6, 6.07) is 6.79. The zero-order chi connectivity index (χ0) is 14.9. The largest absolute Gasteiger partial charge is 0.352 e. The predicted molar refractivity (Wildman–Crippen MR) is 81.5 cm³/mol. The lowest BCUT2D eigenvalue weighted by atomic mass is 9.63. The summed E-state index contributed by atoms with van der Waals surface area (Å²) in [5.41, 5.74) is 0.557. The van der Waals surface area contributed by atoms with Gasteiger partial charge in [0.1, 0.15) is 5.82 Å². The van der Waals surface area contributed by atoms with E-state index in [9.17, 15) is 9.18 Å². The summed E-state index contributed by atoms with van der Waals surface area (Å²) in [4.78, 5) is 12.8. The first-order valence-electron chi connectivity index (χ1n) is 8.19. The Kier molecular flexibility index (Phi) is 4.01. The smallest absolute Gasteiger partial charge is 0.230 e. The van der Waals surface area contributed by atoms with Crippen molar-refractivity contribution in [1.29, 1.82) is 0 Å². The molecule has 1 N–H and O–H groups in total. The van der Waals surface area contributed by atoms with Crippen LogP contribution in [0.4, 0.5) is 4.39 Å². The lowest BCUT2D eigenvalue weighted by Gasteiger charge is -2.42. The van der Waals surface area contributed by atoms with Crippen molar-refractivity contribution in [3.8, 4) is 0 Å². The van der Waals surface area contributed by atoms with Crippen LogP contribution >= 0.6 is 0 Å². The number of carbonyl (C=O) groups excluding carboxylic acids is 1. The van der Waals surface area contributed by atoms with Crippen LogP contribution in [0.3, 0.4) is 0 Å². The fraction of sp³-hybridized carbons (Fsp3) is 0.611. The monoisotopic (exact) mass is 289 g/mol. The maximum absolute atomic E-state index is 13.1. The van der Waals surface area contributed by atoms with Crippen molar-refractivity contribution in [3.63, 3.8) is 0 Å². The van der Waals surface area contributed by atoms with Crippen LogP contribution in [-0.4, -0.2) is 11.9 Å². The first-order chi connectivity index (χ1) is 10.1. The molecule has 0 saturated heterocycles. The summed E-state index contributed by atoms with van der Waals surface area (Å²) in [6.07, 6.45) is 7.61. The van der Waals surface area contributed by atoms with Crippen molar-refractivity contribution >= 4 is 5.91 Å². The molecule has 1 aromatic rings. The van der Waals surface area contributed by atoms with Gasteiger partial charge in [0.25, 0.3) is 0 Å². The molecule has 2 nitrogen and oxygen atoms in total. The van der Waals surface area contributed by atoms with Gasteiger partial charge in [0, 0.05) is 6.04 Å². The van der Waals surface area contributed by atoms with Gasteiger partial charge in [-0.15, -0.1) is 0 Å². The third-order valence-electron chi connectivity index (χ3n) is 5.47. The Balaban J connectivity index is 1.76. The first kappa shape index (κ1) is 14.6. The molecule has 1 amide bonds. The summed E-state index contributed by atoms with van der Waals surface area (Å²) in [5, 5.41) is 3.29. The molecule has 2 unspecified atom stereocenters. The minimum atomic E-state index is -0.412. The van der Waals surface area contributed by atoms with E-state index in [2.05, 4.69) is 12.2 Å². The molecule has 21 heavy (non-hydrogen) atoms. The molecule has 0 bridgehead atoms. The minimum Gasteiger partial charge on any atom is -0.352 e. The number of hydrogen-bond acceptors (Lipinski definition) is 1. The van der Waals surface area contributed by atoms with Crippen LogP contribution in [0.15, 0.2) is 24.3 Å². The SMILES string of the molecule is CC1CCCCC1NC(=O)C1(c2ccc(F)cc2)CCC1. The average Bonchev–Trinajstić information content (AvgIpc) is 2.42. The van der Waals surface area contributed by atoms with Crippen molar-refractivity contribution in [1.82, 2.24) is 5.32 Å². The van der Waals surface area contributed by atoms with Crippen LogP contribution in [0.5, 0.6) is 0 Å². The molecular weight excluding hydrogens is 265 g/mol. The molecule has 0 aromatic heterocycles. The lowest BCUT2D eigenvalue weighted by Crippen LogP contribution is -2.53. The Morgan fingerprint density at radius 1 is 1.14 bits per heavy atom.